The summed E-state index contributed by atoms with van der Waals surface area (Å²) < 4.78 is 16.2. The van der Waals surface area contributed by atoms with E-state index in [0.717, 1.165) is 0 Å². The average Bonchev–Trinajstić information content (AvgIpc) is 2.58. The lowest BCUT2D eigenvalue weighted by atomic mass is 10.3. The van der Waals surface area contributed by atoms with E-state index in [4.69, 9.17) is 37.4 Å². The number of carbonyl (C=O) groups excluding carboxylic acids is 1. The van der Waals surface area contributed by atoms with Crippen molar-refractivity contribution in [3.63, 3.8) is 0 Å². The molecule has 5 nitrogen and oxygen atoms in total. The lowest BCUT2D eigenvalue weighted by Crippen LogP contribution is -2.20. The molecule has 2 aromatic carbocycles. The van der Waals surface area contributed by atoms with Crippen molar-refractivity contribution in [2.45, 2.75) is 6.92 Å². The van der Waals surface area contributed by atoms with Gasteiger partial charge in [-0.1, -0.05) is 29.3 Å². The maximum Gasteiger partial charge on any atom is 0.262 e. The number of ether oxygens (including phenoxy) is 3. The van der Waals surface area contributed by atoms with Crippen LogP contribution in [0.5, 0.6) is 11.5 Å². The smallest absolute Gasteiger partial charge is 0.262 e. The molecule has 1 N–H and O–H groups in total. The second kappa shape index (κ2) is 10.1. The van der Waals surface area contributed by atoms with Gasteiger partial charge in [-0.15, -0.1) is 0 Å². The summed E-state index contributed by atoms with van der Waals surface area (Å²) in [4.78, 5) is 12.0. The van der Waals surface area contributed by atoms with E-state index in [-0.39, 0.29) is 12.5 Å². The number of nitrogens with one attached hydrogen (secondary N) is 1. The zero-order valence-corrected chi connectivity index (χ0v) is 15.3. The minimum Gasteiger partial charge on any atom is -0.491 e. The van der Waals surface area contributed by atoms with Crippen LogP contribution in [0.3, 0.4) is 0 Å². The molecular formula is C18H19Cl2NO4. The van der Waals surface area contributed by atoms with E-state index in [1.54, 1.807) is 36.4 Å². The van der Waals surface area contributed by atoms with Crippen molar-refractivity contribution in [2.75, 3.05) is 31.7 Å². The zero-order chi connectivity index (χ0) is 18.1. The van der Waals surface area contributed by atoms with E-state index in [0.29, 0.717) is 47.1 Å². The minimum atomic E-state index is -0.308. The van der Waals surface area contributed by atoms with Crippen molar-refractivity contribution < 1.29 is 19.0 Å². The summed E-state index contributed by atoms with van der Waals surface area (Å²) in [5.41, 5.74) is 0.615. The summed E-state index contributed by atoms with van der Waals surface area (Å²) in [6, 6.07) is 11.9. The lowest BCUT2D eigenvalue weighted by molar-refractivity contribution is -0.118. The molecule has 0 radical (unpaired) electrons. The van der Waals surface area contributed by atoms with Gasteiger partial charge in [-0.2, -0.15) is 0 Å². The molecule has 0 aromatic heterocycles. The lowest BCUT2D eigenvalue weighted by Gasteiger charge is -2.10. The Morgan fingerprint density at radius 3 is 2.68 bits per heavy atom. The first-order valence-corrected chi connectivity index (χ1v) is 8.52. The highest BCUT2D eigenvalue weighted by molar-refractivity contribution is 6.35. The fourth-order valence-electron chi connectivity index (χ4n) is 1.96. The maximum absolute atomic E-state index is 12.0. The SMILES string of the molecule is CCOCCOc1cccc(NC(=O)COc2ccc(Cl)cc2Cl)c1. The zero-order valence-electron chi connectivity index (χ0n) is 13.8. The third kappa shape index (κ3) is 6.82. The summed E-state index contributed by atoms with van der Waals surface area (Å²) in [5, 5.41) is 3.60. The molecular weight excluding hydrogens is 365 g/mol. The van der Waals surface area contributed by atoms with Gasteiger partial charge >= 0.3 is 0 Å². The van der Waals surface area contributed by atoms with E-state index in [1.807, 2.05) is 13.0 Å². The quantitative estimate of drug-likeness (QED) is 0.650. The molecule has 0 bridgehead atoms. The van der Waals surface area contributed by atoms with Crippen molar-refractivity contribution in [1.82, 2.24) is 0 Å². The topological polar surface area (TPSA) is 56.8 Å². The predicted octanol–water partition coefficient (Wildman–Crippen LogP) is 4.43. The van der Waals surface area contributed by atoms with Crippen molar-refractivity contribution in [2.24, 2.45) is 0 Å². The molecule has 0 spiro atoms. The molecule has 0 aliphatic heterocycles. The highest BCUT2D eigenvalue weighted by atomic mass is 35.5. The Balaban J connectivity index is 1.83. The molecule has 134 valence electrons. The normalized spacial score (nSPS) is 10.4. The van der Waals surface area contributed by atoms with E-state index < -0.39 is 0 Å². The van der Waals surface area contributed by atoms with Gasteiger partial charge in [0.25, 0.3) is 5.91 Å². The van der Waals surface area contributed by atoms with Gasteiger partial charge < -0.3 is 19.5 Å². The van der Waals surface area contributed by atoms with Crippen molar-refractivity contribution in [3.05, 3.63) is 52.5 Å². The first-order chi connectivity index (χ1) is 12.1. The number of carbonyl (C=O) groups is 1. The molecule has 0 unspecified atom stereocenters. The number of hydrogen-bond acceptors (Lipinski definition) is 4. The van der Waals surface area contributed by atoms with Gasteiger partial charge in [0, 0.05) is 23.4 Å². The number of rotatable bonds is 9. The number of halogens is 2. The number of hydrogen-bond donors (Lipinski definition) is 1. The largest absolute Gasteiger partial charge is 0.491 e. The van der Waals surface area contributed by atoms with E-state index >= 15 is 0 Å². The van der Waals surface area contributed by atoms with E-state index in [9.17, 15) is 4.79 Å². The second-order valence-electron chi connectivity index (χ2n) is 4.98. The van der Waals surface area contributed by atoms with Gasteiger partial charge in [0.15, 0.2) is 6.61 Å². The Bertz CT molecular complexity index is 709. The molecule has 0 fully saturated rings. The molecule has 0 aliphatic rings. The third-order valence-corrected chi connectivity index (χ3v) is 3.60. The van der Waals surface area contributed by atoms with Crippen molar-refractivity contribution in [3.8, 4) is 11.5 Å². The summed E-state index contributed by atoms with van der Waals surface area (Å²) in [6.07, 6.45) is 0. The Morgan fingerprint density at radius 1 is 1.08 bits per heavy atom. The van der Waals surface area contributed by atoms with Crippen LogP contribution >= 0.6 is 23.2 Å². The molecule has 0 saturated heterocycles. The molecule has 2 rings (SSSR count). The monoisotopic (exact) mass is 383 g/mol. The van der Waals surface area contributed by atoms with Crippen molar-refractivity contribution >= 4 is 34.8 Å². The molecule has 0 aliphatic carbocycles. The van der Waals surface area contributed by atoms with Crippen LogP contribution in [0, 0.1) is 0 Å². The van der Waals surface area contributed by atoms with Gasteiger partial charge in [-0.05, 0) is 37.3 Å². The summed E-state index contributed by atoms with van der Waals surface area (Å²) in [6.45, 7) is 3.37. The van der Waals surface area contributed by atoms with Gasteiger partial charge in [0.2, 0.25) is 0 Å². The molecule has 25 heavy (non-hydrogen) atoms. The van der Waals surface area contributed by atoms with Gasteiger partial charge in [0.05, 0.1) is 11.6 Å². The van der Waals surface area contributed by atoms with Crippen LogP contribution in [-0.2, 0) is 9.53 Å². The Hall–Kier alpha value is -1.95. The van der Waals surface area contributed by atoms with Crippen LogP contribution in [0.4, 0.5) is 5.69 Å². The van der Waals surface area contributed by atoms with Crippen LogP contribution in [0.1, 0.15) is 6.92 Å². The van der Waals surface area contributed by atoms with Crippen LogP contribution in [0.15, 0.2) is 42.5 Å². The fourth-order valence-corrected chi connectivity index (χ4v) is 2.42. The predicted molar refractivity (Wildman–Crippen MR) is 99.0 cm³/mol. The van der Waals surface area contributed by atoms with Crippen LogP contribution in [-0.4, -0.2) is 32.3 Å². The standard InChI is InChI=1S/C18H19Cl2NO4/c1-2-23-8-9-24-15-5-3-4-14(11-15)21-18(22)12-25-17-7-6-13(19)10-16(17)20/h3-7,10-11H,2,8-9,12H2,1H3,(H,21,22). The van der Waals surface area contributed by atoms with Crippen molar-refractivity contribution in [1.29, 1.82) is 0 Å². The van der Waals surface area contributed by atoms with Crippen LogP contribution in [0.2, 0.25) is 10.0 Å². The summed E-state index contributed by atoms with van der Waals surface area (Å²) in [5.74, 6) is 0.742. The number of benzene rings is 2. The number of anilines is 1. The minimum absolute atomic E-state index is 0.170. The molecule has 1 amide bonds. The first-order valence-electron chi connectivity index (χ1n) is 7.77. The van der Waals surface area contributed by atoms with Crippen LogP contribution in [0.25, 0.3) is 0 Å². The highest BCUT2D eigenvalue weighted by Gasteiger charge is 2.07. The molecule has 0 atom stereocenters. The Kier molecular flexibility index (Phi) is 7.85. The number of amides is 1. The van der Waals surface area contributed by atoms with Gasteiger partial charge in [0.1, 0.15) is 18.1 Å². The average molecular weight is 384 g/mol. The summed E-state index contributed by atoms with van der Waals surface area (Å²) in [7, 11) is 0. The van der Waals surface area contributed by atoms with Gasteiger partial charge in [-0.3, -0.25) is 4.79 Å². The highest BCUT2D eigenvalue weighted by Crippen LogP contribution is 2.27. The molecule has 7 heteroatoms. The third-order valence-electron chi connectivity index (χ3n) is 3.07. The first kappa shape index (κ1) is 19.4. The van der Waals surface area contributed by atoms with Crippen LogP contribution < -0.4 is 14.8 Å². The molecule has 2 aromatic rings. The fraction of sp³-hybridized carbons (Fsp3) is 0.278. The Morgan fingerprint density at radius 2 is 1.92 bits per heavy atom. The molecule has 0 saturated carbocycles. The van der Waals surface area contributed by atoms with E-state index in [1.165, 1.54) is 0 Å². The maximum atomic E-state index is 12.0. The van der Waals surface area contributed by atoms with Gasteiger partial charge in [-0.25, -0.2) is 0 Å². The van der Waals surface area contributed by atoms with E-state index in [2.05, 4.69) is 5.32 Å². The summed E-state index contributed by atoms with van der Waals surface area (Å²) >= 11 is 11.8. The second-order valence-corrected chi connectivity index (χ2v) is 5.83. The molecule has 0 heterocycles. The Labute approximate surface area is 156 Å².